The SMILES string of the molecule is CCCc1c2nc(C(=O)O)cc(C(F)(F)C(F)(F)F)c2cc2c(=O)cc(C(=O)O)oc12. The van der Waals surface area contributed by atoms with Crippen LogP contribution in [0.15, 0.2) is 27.4 Å². The Balaban J connectivity index is 2.62. The Kier molecular flexibility index (Phi) is 5.20. The quantitative estimate of drug-likeness (QED) is 0.443. The van der Waals surface area contributed by atoms with E-state index in [1.165, 1.54) is 0 Å². The van der Waals surface area contributed by atoms with Crippen LogP contribution in [0.25, 0.3) is 21.9 Å². The standard InChI is InChI=1S/C19H12F5NO6/c1-2-3-7-14-8(4-9-12(26)6-13(17(29)30)31-15(7)9)10(5-11(25-14)16(27)28)18(20,21)19(22,23)24/h4-6H,2-3H2,1H3,(H,27,28)(H,29,30). The second-order valence-electron chi connectivity index (χ2n) is 6.59. The van der Waals surface area contributed by atoms with Crippen LogP contribution < -0.4 is 5.43 Å². The molecule has 2 N–H and O–H groups in total. The van der Waals surface area contributed by atoms with E-state index < -0.39 is 62.8 Å². The van der Waals surface area contributed by atoms with Crippen LogP contribution in [0, 0.1) is 0 Å². The van der Waals surface area contributed by atoms with Crippen LogP contribution in [-0.2, 0) is 12.3 Å². The van der Waals surface area contributed by atoms with Gasteiger partial charge in [0.25, 0.3) is 0 Å². The average molecular weight is 445 g/mol. The molecule has 3 aromatic rings. The fraction of sp³-hybridized carbons (Fsp3) is 0.263. The number of carboxylic acids is 2. The minimum Gasteiger partial charge on any atom is -0.477 e. The lowest BCUT2D eigenvalue weighted by atomic mass is 9.95. The summed E-state index contributed by atoms with van der Waals surface area (Å²) in [4.78, 5) is 38.7. The van der Waals surface area contributed by atoms with Crippen molar-refractivity contribution in [2.75, 3.05) is 0 Å². The van der Waals surface area contributed by atoms with Crippen molar-refractivity contribution in [1.29, 1.82) is 0 Å². The van der Waals surface area contributed by atoms with E-state index in [-0.39, 0.29) is 30.1 Å². The fourth-order valence-corrected chi connectivity index (χ4v) is 3.16. The number of carbonyl (C=O) groups is 2. The summed E-state index contributed by atoms with van der Waals surface area (Å²) in [6, 6.07) is 1.34. The Morgan fingerprint density at radius 3 is 2.19 bits per heavy atom. The van der Waals surface area contributed by atoms with Crippen LogP contribution in [0.3, 0.4) is 0 Å². The van der Waals surface area contributed by atoms with E-state index in [4.69, 9.17) is 9.52 Å². The molecule has 0 amide bonds. The van der Waals surface area contributed by atoms with Gasteiger partial charge in [0.05, 0.1) is 10.9 Å². The first-order valence-electron chi connectivity index (χ1n) is 8.65. The molecule has 2 aromatic heterocycles. The molecule has 0 aliphatic carbocycles. The Morgan fingerprint density at radius 2 is 1.68 bits per heavy atom. The van der Waals surface area contributed by atoms with Crippen molar-refractivity contribution in [2.45, 2.75) is 31.9 Å². The molecule has 2 heterocycles. The molecule has 0 radical (unpaired) electrons. The van der Waals surface area contributed by atoms with Gasteiger partial charge in [-0.1, -0.05) is 13.3 Å². The minimum absolute atomic E-state index is 0.0764. The average Bonchev–Trinajstić information content (AvgIpc) is 2.66. The van der Waals surface area contributed by atoms with Crippen molar-refractivity contribution in [3.63, 3.8) is 0 Å². The molecule has 1 aromatic carbocycles. The summed E-state index contributed by atoms with van der Waals surface area (Å²) in [7, 11) is 0. The maximum Gasteiger partial charge on any atom is 0.458 e. The number of benzene rings is 1. The highest BCUT2D eigenvalue weighted by molar-refractivity contribution is 6.02. The maximum absolute atomic E-state index is 14.3. The van der Waals surface area contributed by atoms with Gasteiger partial charge < -0.3 is 14.6 Å². The number of alkyl halides is 5. The van der Waals surface area contributed by atoms with Crippen molar-refractivity contribution in [2.24, 2.45) is 0 Å². The van der Waals surface area contributed by atoms with Crippen LogP contribution in [0.2, 0.25) is 0 Å². The van der Waals surface area contributed by atoms with Crippen molar-refractivity contribution >= 4 is 33.8 Å². The maximum atomic E-state index is 14.3. The Hall–Kier alpha value is -3.57. The lowest BCUT2D eigenvalue weighted by Gasteiger charge is -2.22. The summed E-state index contributed by atoms with van der Waals surface area (Å²) in [5.74, 6) is -9.72. The zero-order valence-corrected chi connectivity index (χ0v) is 15.5. The highest BCUT2D eigenvalue weighted by atomic mass is 19.4. The molecule has 0 aliphatic rings. The Morgan fingerprint density at radius 1 is 1.03 bits per heavy atom. The van der Waals surface area contributed by atoms with Crippen LogP contribution in [0.1, 0.15) is 45.5 Å². The van der Waals surface area contributed by atoms with Crippen molar-refractivity contribution < 1.29 is 46.2 Å². The van der Waals surface area contributed by atoms with Gasteiger partial charge in [-0.3, -0.25) is 4.79 Å². The predicted octanol–water partition coefficient (Wildman–Crippen LogP) is 4.34. The van der Waals surface area contributed by atoms with E-state index in [1.54, 1.807) is 6.92 Å². The highest BCUT2D eigenvalue weighted by Gasteiger charge is 2.59. The van der Waals surface area contributed by atoms with Gasteiger partial charge in [-0.15, -0.1) is 0 Å². The number of aromatic carboxylic acids is 2. The molecule has 0 spiro atoms. The first kappa shape index (κ1) is 22.1. The van der Waals surface area contributed by atoms with Gasteiger partial charge in [0.1, 0.15) is 11.3 Å². The van der Waals surface area contributed by atoms with Gasteiger partial charge in [0.15, 0.2) is 5.43 Å². The van der Waals surface area contributed by atoms with Crippen molar-refractivity contribution in [3.05, 3.63) is 51.0 Å². The van der Waals surface area contributed by atoms with E-state index >= 15 is 0 Å². The second-order valence-corrected chi connectivity index (χ2v) is 6.59. The highest BCUT2D eigenvalue weighted by Crippen LogP contribution is 2.47. The molecule has 0 bridgehead atoms. The van der Waals surface area contributed by atoms with Gasteiger partial charge >= 0.3 is 24.0 Å². The molecule has 0 unspecified atom stereocenters. The Labute approximate surface area is 168 Å². The lowest BCUT2D eigenvalue weighted by molar-refractivity contribution is -0.288. The third-order valence-electron chi connectivity index (χ3n) is 4.52. The second kappa shape index (κ2) is 7.29. The summed E-state index contributed by atoms with van der Waals surface area (Å²) >= 11 is 0. The van der Waals surface area contributed by atoms with E-state index in [1.807, 2.05) is 0 Å². The molecule has 0 aliphatic heterocycles. The molecular weight excluding hydrogens is 433 g/mol. The lowest BCUT2D eigenvalue weighted by Crippen LogP contribution is -2.34. The number of hydrogen-bond acceptors (Lipinski definition) is 5. The number of nitrogens with zero attached hydrogens (tertiary/aromatic N) is 1. The molecule has 3 rings (SSSR count). The van der Waals surface area contributed by atoms with Crippen LogP contribution in [-0.4, -0.2) is 33.3 Å². The molecule has 0 atom stereocenters. The molecule has 12 heteroatoms. The van der Waals surface area contributed by atoms with Gasteiger partial charge in [0, 0.05) is 22.6 Å². The van der Waals surface area contributed by atoms with Crippen molar-refractivity contribution in [1.82, 2.24) is 4.98 Å². The van der Waals surface area contributed by atoms with Crippen LogP contribution in [0.5, 0.6) is 0 Å². The van der Waals surface area contributed by atoms with E-state index in [0.29, 0.717) is 12.1 Å². The molecule has 164 valence electrons. The van der Waals surface area contributed by atoms with Crippen LogP contribution >= 0.6 is 0 Å². The first-order valence-corrected chi connectivity index (χ1v) is 8.65. The third kappa shape index (κ3) is 3.57. The van der Waals surface area contributed by atoms with E-state index in [2.05, 4.69) is 4.98 Å². The number of halogens is 5. The molecule has 31 heavy (non-hydrogen) atoms. The summed E-state index contributed by atoms with van der Waals surface area (Å²) in [6.45, 7) is 1.61. The summed E-state index contributed by atoms with van der Waals surface area (Å²) in [5, 5.41) is 17.1. The number of aromatic nitrogens is 1. The Bertz CT molecular complexity index is 1300. The minimum atomic E-state index is -6.06. The summed E-state index contributed by atoms with van der Waals surface area (Å²) < 4.78 is 73.1. The monoisotopic (exact) mass is 445 g/mol. The van der Waals surface area contributed by atoms with E-state index in [0.717, 1.165) is 0 Å². The zero-order chi connectivity index (χ0) is 23.3. The zero-order valence-electron chi connectivity index (χ0n) is 15.5. The number of aryl methyl sites for hydroxylation is 1. The molecule has 0 saturated heterocycles. The van der Waals surface area contributed by atoms with Crippen molar-refractivity contribution in [3.8, 4) is 0 Å². The van der Waals surface area contributed by atoms with Gasteiger partial charge in [-0.2, -0.15) is 22.0 Å². The molecule has 0 fully saturated rings. The van der Waals surface area contributed by atoms with Crippen LogP contribution in [0.4, 0.5) is 22.0 Å². The van der Waals surface area contributed by atoms with E-state index in [9.17, 15) is 41.4 Å². The third-order valence-corrected chi connectivity index (χ3v) is 4.52. The topological polar surface area (TPSA) is 118 Å². The largest absolute Gasteiger partial charge is 0.477 e. The molecule has 7 nitrogen and oxygen atoms in total. The summed E-state index contributed by atoms with van der Waals surface area (Å²) in [5.41, 5.74) is -4.85. The van der Waals surface area contributed by atoms with Gasteiger partial charge in [-0.25, -0.2) is 14.6 Å². The normalized spacial score (nSPS) is 12.5. The molecule has 0 saturated carbocycles. The summed E-state index contributed by atoms with van der Waals surface area (Å²) in [6.07, 6.45) is -5.87. The number of carboxylic acid groups (broad SMARTS) is 2. The number of rotatable bonds is 5. The van der Waals surface area contributed by atoms with Gasteiger partial charge in [-0.05, 0) is 18.6 Å². The number of pyridine rings is 1. The van der Waals surface area contributed by atoms with Gasteiger partial charge in [0.2, 0.25) is 5.76 Å². The first-order chi connectivity index (χ1) is 14.3. The number of fused-ring (bicyclic) bond motifs is 2. The predicted molar refractivity (Wildman–Crippen MR) is 95.6 cm³/mol. The molecular formula is C19H12F5NO6. The number of hydrogen-bond donors (Lipinski definition) is 2. The smallest absolute Gasteiger partial charge is 0.458 e. The fourth-order valence-electron chi connectivity index (χ4n) is 3.16.